The fourth-order valence-corrected chi connectivity index (χ4v) is 4.46. The largest absolute Gasteiger partial charge is 0.515 e. The summed E-state index contributed by atoms with van der Waals surface area (Å²) in [6.07, 6.45) is 4.77. The quantitative estimate of drug-likeness (QED) is 0.398. The number of aromatic hydroxyl groups is 1. The first-order valence-electron chi connectivity index (χ1n) is 10.5. The Hall–Kier alpha value is -2.39. The van der Waals surface area contributed by atoms with Crippen molar-refractivity contribution >= 4 is 16.8 Å². The number of phenolic OH excluding ortho intramolecular Hbond substituents is 1. The van der Waals surface area contributed by atoms with Gasteiger partial charge >= 0.3 is 0 Å². The van der Waals surface area contributed by atoms with Gasteiger partial charge in [-0.1, -0.05) is 44.0 Å². The summed E-state index contributed by atoms with van der Waals surface area (Å²) in [6, 6.07) is 18.1. The third-order valence-corrected chi connectivity index (χ3v) is 6.12. The molecule has 2 heterocycles. The standard InChI is InChI=1S/C25H25N2O3.Pt/c1-25(2)14-4-3-11-20-23(25)27-24(30-20)17-8-5-9-18(15-17)29-21-13-12-16-7-6-10-19(28)22(16)26-21;/h5-10,12-13,20,23,28H,3-4,11,14H2,1-2H3;/q-1;/t20-,23+;/m0./s1. The molecule has 1 saturated carbocycles. The first-order chi connectivity index (χ1) is 14.5. The van der Waals surface area contributed by atoms with Gasteiger partial charge in [0.25, 0.3) is 0 Å². The Bertz CT molecular complexity index is 1130. The van der Waals surface area contributed by atoms with E-state index in [0.717, 1.165) is 17.4 Å². The van der Waals surface area contributed by atoms with E-state index in [9.17, 15) is 5.11 Å². The van der Waals surface area contributed by atoms with Crippen molar-refractivity contribution in [2.24, 2.45) is 10.4 Å². The van der Waals surface area contributed by atoms with Crippen molar-refractivity contribution < 1.29 is 35.6 Å². The molecule has 5 nitrogen and oxygen atoms in total. The van der Waals surface area contributed by atoms with Crippen LogP contribution in [0.1, 0.15) is 45.1 Å². The molecule has 0 radical (unpaired) electrons. The molecule has 6 heteroatoms. The summed E-state index contributed by atoms with van der Waals surface area (Å²) in [5.41, 5.74) is 1.44. The van der Waals surface area contributed by atoms with Crippen LogP contribution in [0.5, 0.6) is 17.4 Å². The number of aromatic nitrogens is 1. The first kappa shape index (κ1) is 21.8. The van der Waals surface area contributed by atoms with E-state index >= 15 is 0 Å². The number of para-hydroxylation sites is 1. The Morgan fingerprint density at radius 2 is 1.94 bits per heavy atom. The molecule has 164 valence electrons. The molecule has 0 saturated heterocycles. The van der Waals surface area contributed by atoms with E-state index in [0.29, 0.717) is 23.0 Å². The summed E-state index contributed by atoms with van der Waals surface area (Å²) in [7, 11) is 0. The van der Waals surface area contributed by atoms with Gasteiger partial charge in [-0.3, -0.25) is 4.99 Å². The normalized spacial score (nSPS) is 21.9. The zero-order chi connectivity index (χ0) is 20.7. The van der Waals surface area contributed by atoms with Crippen molar-refractivity contribution in [2.45, 2.75) is 51.7 Å². The van der Waals surface area contributed by atoms with Gasteiger partial charge in [-0.2, -0.15) is 0 Å². The van der Waals surface area contributed by atoms with Gasteiger partial charge < -0.3 is 14.6 Å². The second kappa shape index (κ2) is 8.62. The van der Waals surface area contributed by atoms with Crippen LogP contribution in [-0.2, 0) is 25.8 Å². The number of aliphatic imine (C=N–C) groups is 1. The minimum absolute atomic E-state index is 0. The van der Waals surface area contributed by atoms with E-state index in [1.54, 1.807) is 18.2 Å². The summed E-state index contributed by atoms with van der Waals surface area (Å²) < 4.78 is 12.2. The Balaban J connectivity index is 0.00000231. The van der Waals surface area contributed by atoms with Gasteiger partial charge in [0.2, 0.25) is 5.88 Å². The van der Waals surface area contributed by atoms with Gasteiger partial charge in [0.15, 0.2) is 0 Å². The zero-order valence-corrected chi connectivity index (χ0v) is 19.8. The van der Waals surface area contributed by atoms with Crippen molar-refractivity contribution in [3.05, 3.63) is 60.2 Å². The molecule has 2 aliphatic rings. The molecule has 2 aromatic carbocycles. The maximum Gasteiger partial charge on any atom is 0.217 e. The molecular weight excluding hydrogens is 571 g/mol. The Morgan fingerprint density at radius 1 is 1.10 bits per heavy atom. The maximum atomic E-state index is 10.1. The minimum atomic E-state index is 0. The topological polar surface area (TPSA) is 63.9 Å². The fourth-order valence-electron chi connectivity index (χ4n) is 4.46. The van der Waals surface area contributed by atoms with E-state index in [1.165, 1.54) is 19.3 Å². The van der Waals surface area contributed by atoms with Crippen LogP contribution < -0.4 is 4.74 Å². The number of hydrogen-bond acceptors (Lipinski definition) is 5. The molecule has 5 rings (SSSR count). The predicted octanol–water partition coefficient (Wildman–Crippen LogP) is 5.64. The van der Waals surface area contributed by atoms with E-state index in [-0.39, 0.29) is 44.4 Å². The molecular formula is C25H25N2O3Pt-. The van der Waals surface area contributed by atoms with Crippen LogP contribution in [0.2, 0.25) is 0 Å². The monoisotopic (exact) mass is 596 g/mol. The van der Waals surface area contributed by atoms with E-state index in [2.05, 4.69) is 24.9 Å². The molecule has 0 amide bonds. The molecule has 1 N–H and O–H groups in total. The van der Waals surface area contributed by atoms with Gasteiger partial charge in [-0.25, -0.2) is 4.98 Å². The Kier molecular flexibility index (Phi) is 6.07. The summed E-state index contributed by atoms with van der Waals surface area (Å²) in [5.74, 6) is 1.71. The molecule has 0 spiro atoms. The maximum absolute atomic E-state index is 10.1. The van der Waals surface area contributed by atoms with Crippen LogP contribution in [0.4, 0.5) is 0 Å². The summed E-state index contributed by atoms with van der Waals surface area (Å²) in [6.45, 7) is 4.58. The summed E-state index contributed by atoms with van der Waals surface area (Å²) in [4.78, 5) is 9.38. The number of pyridine rings is 1. The number of benzene rings is 2. The Labute approximate surface area is 196 Å². The predicted molar refractivity (Wildman–Crippen MR) is 116 cm³/mol. The van der Waals surface area contributed by atoms with Crippen LogP contribution in [0.15, 0.2) is 53.5 Å². The first-order valence-corrected chi connectivity index (χ1v) is 10.5. The Morgan fingerprint density at radius 3 is 2.81 bits per heavy atom. The number of nitrogens with zero attached hydrogens (tertiary/aromatic N) is 2. The number of phenols is 1. The second-order valence-corrected chi connectivity index (χ2v) is 8.80. The molecule has 1 aromatic heterocycles. The van der Waals surface area contributed by atoms with Crippen molar-refractivity contribution in [3.8, 4) is 17.4 Å². The molecule has 1 aliphatic heterocycles. The molecule has 3 aromatic rings. The third-order valence-electron chi connectivity index (χ3n) is 6.12. The molecule has 31 heavy (non-hydrogen) atoms. The van der Waals surface area contributed by atoms with Crippen molar-refractivity contribution in [3.63, 3.8) is 0 Å². The van der Waals surface area contributed by atoms with Gasteiger partial charge in [0.05, 0.1) is 6.04 Å². The number of fused-ring (bicyclic) bond motifs is 2. The van der Waals surface area contributed by atoms with Crippen molar-refractivity contribution in [1.29, 1.82) is 0 Å². The van der Waals surface area contributed by atoms with Gasteiger partial charge in [0, 0.05) is 38.3 Å². The van der Waals surface area contributed by atoms with Crippen molar-refractivity contribution in [2.75, 3.05) is 0 Å². The smallest absolute Gasteiger partial charge is 0.217 e. The van der Waals surface area contributed by atoms with Crippen LogP contribution >= 0.6 is 0 Å². The van der Waals surface area contributed by atoms with Crippen LogP contribution in [0.3, 0.4) is 0 Å². The van der Waals surface area contributed by atoms with Crippen LogP contribution in [-0.4, -0.2) is 28.1 Å². The van der Waals surface area contributed by atoms with Gasteiger partial charge in [0.1, 0.15) is 23.3 Å². The SMILES string of the molecule is CC1(C)CCCC[C@@H]2OC(c3[c-]c(Oc4ccc5cccc(O)c5n4)ccc3)=N[C@H]21.[Pt]. The molecule has 2 atom stereocenters. The summed E-state index contributed by atoms with van der Waals surface area (Å²) in [5, 5.41) is 10.9. The average molecular weight is 597 g/mol. The van der Waals surface area contributed by atoms with E-state index in [4.69, 9.17) is 14.5 Å². The average Bonchev–Trinajstić information content (AvgIpc) is 3.12. The fraction of sp³-hybridized carbons (Fsp3) is 0.360. The molecule has 1 fully saturated rings. The minimum Gasteiger partial charge on any atom is -0.515 e. The third kappa shape index (κ3) is 4.34. The van der Waals surface area contributed by atoms with E-state index in [1.807, 2.05) is 30.3 Å². The molecule has 0 unspecified atom stereocenters. The van der Waals surface area contributed by atoms with Crippen LogP contribution in [0.25, 0.3) is 10.9 Å². The van der Waals surface area contributed by atoms with Gasteiger partial charge in [-0.05, 0) is 36.8 Å². The number of ether oxygens (including phenoxy) is 2. The number of hydrogen-bond donors (Lipinski definition) is 1. The van der Waals surface area contributed by atoms with E-state index < -0.39 is 0 Å². The second-order valence-electron chi connectivity index (χ2n) is 8.80. The van der Waals surface area contributed by atoms with Crippen molar-refractivity contribution in [1.82, 2.24) is 4.98 Å². The zero-order valence-electron chi connectivity index (χ0n) is 17.6. The summed E-state index contributed by atoms with van der Waals surface area (Å²) >= 11 is 0. The number of rotatable bonds is 3. The molecule has 1 aliphatic carbocycles. The van der Waals surface area contributed by atoms with Gasteiger partial charge in [-0.15, -0.1) is 18.2 Å². The molecule has 0 bridgehead atoms. The van der Waals surface area contributed by atoms with Crippen LogP contribution in [0, 0.1) is 11.5 Å².